The Balaban J connectivity index is 2.20. The first-order valence-electron chi connectivity index (χ1n) is 6.42. The van der Waals surface area contributed by atoms with Gasteiger partial charge >= 0.3 is 0 Å². The lowest BCUT2D eigenvalue weighted by atomic mass is 10.0. The monoisotopic (exact) mass is 252 g/mol. The van der Waals surface area contributed by atoms with Gasteiger partial charge in [-0.3, -0.25) is 0 Å². The van der Waals surface area contributed by atoms with Crippen molar-refractivity contribution in [2.24, 2.45) is 0 Å². The Morgan fingerprint density at radius 2 is 2.22 bits per heavy atom. The van der Waals surface area contributed by atoms with Crippen LogP contribution < -0.4 is 4.90 Å². The molecule has 1 aliphatic rings. The van der Waals surface area contributed by atoms with Crippen molar-refractivity contribution in [2.75, 3.05) is 32.1 Å². The van der Waals surface area contributed by atoms with Crippen LogP contribution in [0.1, 0.15) is 18.4 Å². The summed E-state index contributed by atoms with van der Waals surface area (Å²) in [4.78, 5) is 4.48. The SMILES string of the molecule is CN(C)C1CCCN(c2ccc(F)cc2CO)C1. The van der Waals surface area contributed by atoms with Crippen LogP contribution in [0.5, 0.6) is 0 Å². The maximum atomic E-state index is 13.2. The molecule has 1 heterocycles. The molecule has 0 spiro atoms. The number of hydrogen-bond donors (Lipinski definition) is 1. The number of benzene rings is 1. The molecular formula is C14H21FN2O. The van der Waals surface area contributed by atoms with E-state index in [0.717, 1.165) is 25.2 Å². The molecule has 3 nitrogen and oxygen atoms in total. The van der Waals surface area contributed by atoms with E-state index in [1.165, 1.54) is 18.6 Å². The van der Waals surface area contributed by atoms with Gasteiger partial charge in [0.25, 0.3) is 0 Å². The summed E-state index contributed by atoms with van der Waals surface area (Å²) in [5.41, 5.74) is 1.64. The molecule has 1 aliphatic heterocycles. The highest BCUT2D eigenvalue weighted by molar-refractivity contribution is 5.54. The van der Waals surface area contributed by atoms with E-state index in [9.17, 15) is 9.50 Å². The first kappa shape index (κ1) is 13.3. The zero-order chi connectivity index (χ0) is 13.1. The average Bonchev–Trinajstić information content (AvgIpc) is 2.38. The number of hydrogen-bond acceptors (Lipinski definition) is 3. The quantitative estimate of drug-likeness (QED) is 0.889. The Labute approximate surface area is 108 Å². The van der Waals surface area contributed by atoms with E-state index >= 15 is 0 Å². The summed E-state index contributed by atoms with van der Waals surface area (Å²) in [5, 5.41) is 9.34. The van der Waals surface area contributed by atoms with Crippen LogP contribution in [0.3, 0.4) is 0 Å². The van der Waals surface area contributed by atoms with Crippen LogP contribution in [0.15, 0.2) is 18.2 Å². The van der Waals surface area contributed by atoms with Crippen molar-refractivity contribution in [3.05, 3.63) is 29.6 Å². The normalized spacial score (nSPS) is 20.5. The number of piperidine rings is 1. The van der Waals surface area contributed by atoms with Crippen molar-refractivity contribution in [1.82, 2.24) is 4.90 Å². The van der Waals surface area contributed by atoms with Gasteiger partial charge in [0.15, 0.2) is 0 Å². The highest BCUT2D eigenvalue weighted by Crippen LogP contribution is 2.26. The Morgan fingerprint density at radius 1 is 1.44 bits per heavy atom. The molecule has 1 aromatic rings. The fraction of sp³-hybridized carbons (Fsp3) is 0.571. The molecule has 2 rings (SSSR count). The molecule has 1 saturated heterocycles. The number of aliphatic hydroxyl groups excluding tert-OH is 1. The van der Waals surface area contributed by atoms with Gasteiger partial charge in [-0.05, 0) is 45.1 Å². The van der Waals surface area contributed by atoms with Gasteiger partial charge < -0.3 is 14.9 Å². The van der Waals surface area contributed by atoms with E-state index in [-0.39, 0.29) is 12.4 Å². The summed E-state index contributed by atoms with van der Waals surface area (Å²) in [6, 6.07) is 5.19. The van der Waals surface area contributed by atoms with Crippen LogP contribution in [0.4, 0.5) is 10.1 Å². The van der Waals surface area contributed by atoms with E-state index in [0.29, 0.717) is 11.6 Å². The largest absolute Gasteiger partial charge is 0.392 e. The Kier molecular flexibility index (Phi) is 4.19. The molecule has 1 unspecified atom stereocenters. The Bertz CT molecular complexity index is 409. The van der Waals surface area contributed by atoms with Crippen LogP contribution in [0.2, 0.25) is 0 Å². The summed E-state index contributed by atoms with van der Waals surface area (Å²) in [6.45, 7) is 1.80. The van der Waals surface area contributed by atoms with Crippen molar-refractivity contribution in [3.8, 4) is 0 Å². The number of aliphatic hydroxyl groups is 1. The lowest BCUT2D eigenvalue weighted by Crippen LogP contribution is -2.45. The molecule has 0 aliphatic carbocycles. The lowest BCUT2D eigenvalue weighted by molar-refractivity contribution is 0.256. The smallest absolute Gasteiger partial charge is 0.123 e. The van der Waals surface area contributed by atoms with Gasteiger partial charge in [-0.2, -0.15) is 0 Å². The van der Waals surface area contributed by atoms with Crippen molar-refractivity contribution in [2.45, 2.75) is 25.5 Å². The van der Waals surface area contributed by atoms with E-state index in [4.69, 9.17) is 0 Å². The molecular weight excluding hydrogens is 231 g/mol. The average molecular weight is 252 g/mol. The molecule has 18 heavy (non-hydrogen) atoms. The molecule has 4 heteroatoms. The lowest BCUT2D eigenvalue weighted by Gasteiger charge is -2.38. The number of nitrogens with zero attached hydrogens (tertiary/aromatic N) is 2. The fourth-order valence-electron chi connectivity index (χ4n) is 2.58. The number of halogens is 1. The van der Waals surface area contributed by atoms with Gasteiger partial charge in [0.05, 0.1) is 6.61 Å². The summed E-state index contributed by atoms with van der Waals surface area (Å²) < 4.78 is 13.2. The fourth-order valence-corrected chi connectivity index (χ4v) is 2.58. The van der Waals surface area contributed by atoms with Gasteiger partial charge in [0.2, 0.25) is 0 Å². The second-order valence-electron chi connectivity index (χ2n) is 5.14. The molecule has 0 saturated carbocycles. The maximum absolute atomic E-state index is 13.2. The van der Waals surface area contributed by atoms with E-state index in [1.54, 1.807) is 6.07 Å². The minimum atomic E-state index is -0.288. The van der Waals surface area contributed by atoms with Gasteiger partial charge in [-0.25, -0.2) is 4.39 Å². The van der Waals surface area contributed by atoms with Crippen LogP contribution in [-0.4, -0.2) is 43.2 Å². The van der Waals surface area contributed by atoms with Gasteiger partial charge in [0.1, 0.15) is 5.82 Å². The standard InChI is InChI=1S/C14H21FN2O/c1-16(2)13-4-3-7-17(9-13)14-6-5-12(15)8-11(14)10-18/h5-6,8,13,18H,3-4,7,9-10H2,1-2H3. The molecule has 0 bridgehead atoms. The summed E-state index contributed by atoms with van der Waals surface area (Å²) in [7, 11) is 4.18. The number of anilines is 1. The third-order valence-corrected chi connectivity index (χ3v) is 3.68. The van der Waals surface area contributed by atoms with Crippen LogP contribution in [0, 0.1) is 5.82 Å². The predicted molar refractivity (Wildman–Crippen MR) is 71.2 cm³/mol. The Hall–Kier alpha value is -1.13. The summed E-state index contributed by atoms with van der Waals surface area (Å²) in [5.74, 6) is -0.288. The molecule has 1 N–H and O–H groups in total. The number of rotatable bonds is 3. The maximum Gasteiger partial charge on any atom is 0.123 e. The summed E-state index contributed by atoms with van der Waals surface area (Å²) >= 11 is 0. The molecule has 0 aromatic heterocycles. The molecule has 0 radical (unpaired) electrons. The molecule has 1 atom stereocenters. The van der Waals surface area contributed by atoms with Crippen LogP contribution >= 0.6 is 0 Å². The predicted octanol–water partition coefficient (Wildman–Crippen LogP) is 1.85. The third-order valence-electron chi connectivity index (χ3n) is 3.68. The number of likely N-dealkylation sites (N-methyl/N-ethyl adjacent to an activating group) is 1. The second kappa shape index (κ2) is 5.67. The zero-order valence-corrected chi connectivity index (χ0v) is 11.1. The van der Waals surface area contributed by atoms with Crippen LogP contribution in [-0.2, 0) is 6.61 Å². The molecule has 1 fully saturated rings. The summed E-state index contributed by atoms with van der Waals surface area (Å²) in [6.07, 6.45) is 2.32. The molecule has 100 valence electrons. The van der Waals surface area contributed by atoms with Crippen molar-refractivity contribution in [3.63, 3.8) is 0 Å². The van der Waals surface area contributed by atoms with E-state index in [2.05, 4.69) is 23.9 Å². The first-order valence-corrected chi connectivity index (χ1v) is 6.42. The topological polar surface area (TPSA) is 26.7 Å². The van der Waals surface area contributed by atoms with E-state index < -0.39 is 0 Å². The Morgan fingerprint density at radius 3 is 2.89 bits per heavy atom. The van der Waals surface area contributed by atoms with Gasteiger partial charge in [-0.1, -0.05) is 0 Å². The van der Waals surface area contributed by atoms with E-state index in [1.807, 2.05) is 0 Å². The zero-order valence-electron chi connectivity index (χ0n) is 11.1. The van der Waals surface area contributed by atoms with Crippen LogP contribution in [0.25, 0.3) is 0 Å². The molecule has 1 aromatic carbocycles. The second-order valence-corrected chi connectivity index (χ2v) is 5.14. The minimum Gasteiger partial charge on any atom is -0.392 e. The third kappa shape index (κ3) is 2.82. The minimum absolute atomic E-state index is 0.115. The highest BCUT2D eigenvalue weighted by atomic mass is 19.1. The van der Waals surface area contributed by atoms with Gasteiger partial charge in [0, 0.05) is 30.4 Å². The first-order chi connectivity index (χ1) is 8.61. The van der Waals surface area contributed by atoms with Crippen molar-refractivity contribution < 1.29 is 9.50 Å². The van der Waals surface area contributed by atoms with Crippen molar-refractivity contribution >= 4 is 5.69 Å². The molecule has 0 amide bonds. The van der Waals surface area contributed by atoms with Crippen molar-refractivity contribution in [1.29, 1.82) is 0 Å². The highest BCUT2D eigenvalue weighted by Gasteiger charge is 2.22. The van der Waals surface area contributed by atoms with Gasteiger partial charge in [-0.15, -0.1) is 0 Å².